The Hall–Kier alpha value is -0.340. The van der Waals surface area contributed by atoms with Gasteiger partial charge in [-0.15, -0.1) is 11.3 Å². The van der Waals surface area contributed by atoms with Crippen LogP contribution in [-0.4, -0.2) is 12.6 Å². The fourth-order valence-corrected chi connectivity index (χ4v) is 3.10. The van der Waals surface area contributed by atoms with E-state index in [1.165, 1.54) is 29.0 Å². The van der Waals surface area contributed by atoms with Crippen LogP contribution < -0.4 is 5.32 Å². The third-order valence-corrected chi connectivity index (χ3v) is 4.01. The second-order valence-electron chi connectivity index (χ2n) is 4.81. The van der Waals surface area contributed by atoms with Gasteiger partial charge in [-0.2, -0.15) is 0 Å². The maximum Gasteiger partial charge on any atom is 0.0118 e. The lowest BCUT2D eigenvalue weighted by Crippen LogP contribution is -2.32. The molecule has 92 valence electrons. The van der Waals surface area contributed by atoms with Crippen LogP contribution >= 0.6 is 11.3 Å². The molecule has 1 aromatic rings. The van der Waals surface area contributed by atoms with Gasteiger partial charge in [-0.1, -0.05) is 27.7 Å². The molecule has 1 heterocycles. The van der Waals surface area contributed by atoms with Crippen LogP contribution in [0.3, 0.4) is 0 Å². The summed E-state index contributed by atoms with van der Waals surface area (Å²) in [6.45, 7) is 10.1. The van der Waals surface area contributed by atoms with Gasteiger partial charge in [0.2, 0.25) is 0 Å². The van der Waals surface area contributed by atoms with E-state index < -0.39 is 0 Å². The Morgan fingerprint density at radius 1 is 1.19 bits per heavy atom. The standard InChI is InChI=1S/C14H25NS/c1-5-13-7-8-14(16-13)10-12(15-6-2)9-11(3)4/h7-8,11-12,15H,5-6,9-10H2,1-4H3. The van der Waals surface area contributed by atoms with E-state index in [2.05, 4.69) is 45.1 Å². The zero-order valence-corrected chi connectivity index (χ0v) is 11.9. The summed E-state index contributed by atoms with van der Waals surface area (Å²) in [5, 5.41) is 3.60. The molecular formula is C14H25NS. The second-order valence-corrected chi connectivity index (χ2v) is 6.06. The molecule has 1 aromatic heterocycles. The fraction of sp³-hybridized carbons (Fsp3) is 0.714. The summed E-state index contributed by atoms with van der Waals surface area (Å²) in [7, 11) is 0. The average molecular weight is 239 g/mol. The van der Waals surface area contributed by atoms with Crippen LogP contribution in [0.15, 0.2) is 12.1 Å². The van der Waals surface area contributed by atoms with Crippen molar-refractivity contribution in [3.05, 3.63) is 21.9 Å². The van der Waals surface area contributed by atoms with E-state index in [1.54, 1.807) is 0 Å². The van der Waals surface area contributed by atoms with Gasteiger partial charge in [0.15, 0.2) is 0 Å². The molecule has 0 aliphatic rings. The first-order valence-electron chi connectivity index (χ1n) is 6.46. The predicted octanol–water partition coefficient (Wildman–Crippen LogP) is 3.88. The van der Waals surface area contributed by atoms with Crippen molar-refractivity contribution >= 4 is 11.3 Å². The lowest BCUT2D eigenvalue weighted by atomic mass is 10.0. The number of aryl methyl sites for hydroxylation is 1. The Morgan fingerprint density at radius 2 is 1.88 bits per heavy atom. The summed E-state index contributed by atoms with van der Waals surface area (Å²) < 4.78 is 0. The quantitative estimate of drug-likeness (QED) is 0.761. The fourth-order valence-electron chi connectivity index (χ4n) is 2.06. The van der Waals surface area contributed by atoms with Gasteiger partial charge in [0.25, 0.3) is 0 Å². The molecule has 1 N–H and O–H groups in total. The largest absolute Gasteiger partial charge is 0.314 e. The molecule has 0 saturated carbocycles. The first-order chi connectivity index (χ1) is 7.65. The minimum atomic E-state index is 0.647. The minimum absolute atomic E-state index is 0.647. The van der Waals surface area contributed by atoms with Gasteiger partial charge in [0.05, 0.1) is 0 Å². The molecule has 1 nitrogen and oxygen atoms in total. The molecule has 0 fully saturated rings. The van der Waals surface area contributed by atoms with Crippen LogP contribution in [0.5, 0.6) is 0 Å². The molecule has 1 unspecified atom stereocenters. The molecule has 0 radical (unpaired) electrons. The Kier molecular flexibility index (Phi) is 6.07. The first kappa shape index (κ1) is 13.7. The molecule has 0 aliphatic heterocycles. The smallest absolute Gasteiger partial charge is 0.0118 e. The molecule has 0 amide bonds. The maximum absolute atomic E-state index is 3.60. The van der Waals surface area contributed by atoms with Gasteiger partial charge < -0.3 is 5.32 Å². The van der Waals surface area contributed by atoms with Crippen LogP contribution in [0.2, 0.25) is 0 Å². The number of hydrogen-bond acceptors (Lipinski definition) is 2. The van der Waals surface area contributed by atoms with Crippen molar-refractivity contribution in [2.45, 2.75) is 53.0 Å². The summed E-state index contributed by atoms with van der Waals surface area (Å²) >= 11 is 1.97. The van der Waals surface area contributed by atoms with E-state index in [-0.39, 0.29) is 0 Å². The summed E-state index contributed by atoms with van der Waals surface area (Å²) in [6, 6.07) is 5.22. The highest BCUT2D eigenvalue weighted by Gasteiger charge is 2.11. The van der Waals surface area contributed by atoms with Crippen LogP contribution in [-0.2, 0) is 12.8 Å². The predicted molar refractivity (Wildman–Crippen MR) is 74.3 cm³/mol. The summed E-state index contributed by atoms with van der Waals surface area (Å²) in [5.41, 5.74) is 0. The summed E-state index contributed by atoms with van der Waals surface area (Å²) in [6.07, 6.45) is 3.63. The molecule has 0 aromatic carbocycles. The van der Waals surface area contributed by atoms with Crippen molar-refractivity contribution in [3.8, 4) is 0 Å². The number of nitrogens with one attached hydrogen (secondary N) is 1. The van der Waals surface area contributed by atoms with Crippen LogP contribution in [0.25, 0.3) is 0 Å². The molecule has 0 bridgehead atoms. The van der Waals surface area contributed by atoms with E-state index in [1.807, 2.05) is 11.3 Å². The number of likely N-dealkylation sites (N-methyl/N-ethyl adjacent to an activating group) is 1. The van der Waals surface area contributed by atoms with Crippen molar-refractivity contribution in [1.29, 1.82) is 0 Å². The highest BCUT2D eigenvalue weighted by Crippen LogP contribution is 2.20. The lowest BCUT2D eigenvalue weighted by molar-refractivity contribution is 0.425. The van der Waals surface area contributed by atoms with Crippen LogP contribution in [0.4, 0.5) is 0 Å². The molecular weight excluding hydrogens is 214 g/mol. The molecule has 0 spiro atoms. The van der Waals surface area contributed by atoms with Crippen molar-refractivity contribution in [1.82, 2.24) is 5.32 Å². The molecule has 0 saturated heterocycles. The Bertz CT molecular complexity index is 291. The van der Waals surface area contributed by atoms with E-state index in [4.69, 9.17) is 0 Å². The van der Waals surface area contributed by atoms with E-state index >= 15 is 0 Å². The third kappa shape index (κ3) is 4.67. The Morgan fingerprint density at radius 3 is 2.38 bits per heavy atom. The first-order valence-corrected chi connectivity index (χ1v) is 7.28. The number of rotatable bonds is 7. The van der Waals surface area contributed by atoms with Gasteiger partial charge in [0, 0.05) is 15.8 Å². The normalized spacial score (nSPS) is 13.3. The van der Waals surface area contributed by atoms with Crippen molar-refractivity contribution < 1.29 is 0 Å². The van der Waals surface area contributed by atoms with Crippen LogP contribution in [0.1, 0.15) is 43.9 Å². The van der Waals surface area contributed by atoms with Gasteiger partial charge in [-0.3, -0.25) is 0 Å². The van der Waals surface area contributed by atoms with Gasteiger partial charge in [0.1, 0.15) is 0 Å². The highest BCUT2D eigenvalue weighted by atomic mass is 32.1. The monoisotopic (exact) mass is 239 g/mol. The summed E-state index contributed by atoms with van der Waals surface area (Å²) in [5.74, 6) is 0.773. The average Bonchev–Trinajstić information content (AvgIpc) is 2.65. The van der Waals surface area contributed by atoms with Crippen molar-refractivity contribution in [2.75, 3.05) is 6.54 Å². The second kappa shape index (κ2) is 7.08. The van der Waals surface area contributed by atoms with E-state index in [0.717, 1.165) is 12.5 Å². The molecule has 16 heavy (non-hydrogen) atoms. The summed E-state index contributed by atoms with van der Waals surface area (Å²) in [4.78, 5) is 3.04. The van der Waals surface area contributed by atoms with Crippen LogP contribution in [0, 0.1) is 5.92 Å². The Labute approximate surface area is 104 Å². The zero-order chi connectivity index (χ0) is 12.0. The molecule has 2 heteroatoms. The van der Waals surface area contributed by atoms with E-state index in [9.17, 15) is 0 Å². The number of thiophene rings is 1. The Balaban J connectivity index is 2.52. The zero-order valence-electron chi connectivity index (χ0n) is 11.0. The highest BCUT2D eigenvalue weighted by molar-refractivity contribution is 7.11. The van der Waals surface area contributed by atoms with Gasteiger partial charge in [-0.25, -0.2) is 0 Å². The van der Waals surface area contributed by atoms with Gasteiger partial charge >= 0.3 is 0 Å². The molecule has 0 aliphatic carbocycles. The molecule has 1 rings (SSSR count). The lowest BCUT2D eigenvalue weighted by Gasteiger charge is -2.19. The van der Waals surface area contributed by atoms with Crippen molar-refractivity contribution in [2.24, 2.45) is 5.92 Å². The number of hydrogen-bond donors (Lipinski definition) is 1. The maximum atomic E-state index is 3.60. The topological polar surface area (TPSA) is 12.0 Å². The third-order valence-electron chi connectivity index (χ3n) is 2.76. The van der Waals surface area contributed by atoms with Gasteiger partial charge in [-0.05, 0) is 43.9 Å². The molecule has 1 atom stereocenters. The minimum Gasteiger partial charge on any atom is -0.314 e. The van der Waals surface area contributed by atoms with E-state index in [0.29, 0.717) is 6.04 Å². The SMILES string of the molecule is CCNC(Cc1ccc(CC)s1)CC(C)C. The van der Waals surface area contributed by atoms with Crippen molar-refractivity contribution in [3.63, 3.8) is 0 Å².